The molecule has 0 spiro atoms. The molecule has 0 saturated carbocycles. The molecule has 232 valence electrons. The fourth-order valence-electron chi connectivity index (χ4n) is 4.40. The van der Waals surface area contributed by atoms with Crippen LogP contribution in [0.5, 0.6) is 0 Å². The molecule has 0 radical (unpaired) electrons. The van der Waals surface area contributed by atoms with Crippen LogP contribution in [0.25, 0.3) is 0 Å². The van der Waals surface area contributed by atoms with Crippen LogP contribution in [0.4, 0.5) is 5.69 Å². The van der Waals surface area contributed by atoms with Gasteiger partial charge in [0.05, 0.1) is 12.8 Å². The summed E-state index contributed by atoms with van der Waals surface area (Å²) in [4.78, 5) is 24.0. The zero-order valence-corrected chi connectivity index (χ0v) is 31.4. The molecular weight excluding hydrogens is 814 g/mol. The first kappa shape index (κ1) is 36.0. The van der Waals surface area contributed by atoms with Crippen LogP contribution < -0.4 is 16.4 Å². The number of rotatable bonds is 10. The van der Waals surface area contributed by atoms with E-state index < -0.39 is 0 Å². The van der Waals surface area contributed by atoms with E-state index in [1.165, 1.54) is 11.1 Å². The van der Waals surface area contributed by atoms with Crippen LogP contribution in [-0.2, 0) is 35.3 Å². The predicted octanol–water partition coefficient (Wildman–Crippen LogP) is 8.73. The number of benzene rings is 4. The molecule has 0 aliphatic carbocycles. The van der Waals surface area contributed by atoms with Crippen LogP contribution in [0.2, 0.25) is 0 Å². The number of carbonyl (C=O) groups excluding carboxylic acids is 2. The van der Waals surface area contributed by atoms with E-state index in [0.29, 0.717) is 25.9 Å². The van der Waals surface area contributed by atoms with Gasteiger partial charge in [0.2, 0.25) is 11.8 Å². The summed E-state index contributed by atoms with van der Waals surface area (Å²) < 4.78 is 4.04. The van der Waals surface area contributed by atoms with Crippen LogP contribution in [0.1, 0.15) is 38.9 Å². The number of hydrogen-bond acceptors (Lipinski definition) is 3. The summed E-state index contributed by atoms with van der Waals surface area (Å²) in [5.41, 5.74) is 14.4. The summed E-state index contributed by atoms with van der Waals surface area (Å²) in [5, 5.41) is 5.93. The minimum atomic E-state index is 0.0200. The highest BCUT2D eigenvalue weighted by atomic mass is 79.9. The second-order valence-electron chi connectivity index (χ2n) is 10.7. The Morgan fingerprint density at radius 2 is 1.00 bits per heavy atom. The van der Waals surface area contributed by atoms with Crippen molar-refractivity contribution in [3.05, 3.63) is 130 Å². The van der Waals surface area contributed by atoms with Gasteiger partial charge in [0.15, 0.2) is 0 Å². The molecule has 4 rings (SSSR count). The summed E-state index contributed by atoms with van der Waals surface area (Å²) >= 11 is 14.0. The monoisotopic (exact) mass is 847 g/mol. The molecule has 0 heterocycles. The maximum atomic E-state index is 12.0. The quantitative estimate of drug-likeness (QED) is 0.140. The van der Waals surface area contributed by atoms with Gasteiger partial charge in [-0.3, -0.25) is 9.59 Å². The van der Waals surface area contributed by atoms with E-state index in [9.17, 15) is 9.59 Å². The number of aryl methyl sites for hydroxylation is 1. The molecule has 0 aliphatic heterocycles. The van der Waals surface area contributed by atoms with Gasteiger partial charge in [-0.25, -0.2) is 0 Å². The van der Waals surface area contributed by atoms with Crippen molar-refractivity contribution in [2.75, 3.05) is 18.8 Å². The molecule has 4 aromatic carbocycles. The summed E-state index contributed by atoms with van der Waals surface area (Å²) in [5.74, 6) is 0.0712. The van der Waals surface area contributed by atoms with Crippen molar-refractivity contribution in [2.24, 2.45) is 0 Å². The van der Waals surface area contributed by atoms with Gasteiger partial charge < -0.3 is 16.4 Å². The van der Waals surface area contributed by atoms with Gasteiger partial charge >= 0.3 is 0 Å². The third-order valence-electron chi connectivity index (χ3n) is 6.92. The van der Waals surface area contributed by atoms with Crippen molar-refractivity contribution >= 4 is 81.2 Å². The van der Waals surface area contributed by atoms with Crippen molar-refractivity contribution in [3.8, 4) is 0 Å². The number of carbonyl (C=O) groups is 2. The molecule has 9 heteroatoms. The Hall–Kier alpha value is -2.46. The summed E-state index contributed by atoms with van der Waals surface area (Å²) in [6, 6.07) is 24.1. The Morgan fingerprint density at radius 3 is 1.41 bits per heavy atom. The second-order valence-corrected chi connectivity index (χ2v) is 14.1. The molecule has 0 fully saturated rings. The predicted molar refractivity (Wildman–Crippen MR) is 196 cm³/mol. The first-order valence-corrected chi connectivity index (χ1v) is 17.4. The molecule has 0 bridgehead atoms. The lowest BCUT2D eigenvalue weighted by atomic mass is 10.1. The normalized spacial score (nSPS) is 10.5. The zero-order valence-electron chi connectivity index (χ0n) is 25.1. The first-order valence-electron chi connectivity index (χ1n) is 14.2. The Labute approximate surface area is 294 Å². The van der Waals surface area contributed by atoms with Gasteiger partial charge in [0.1, 0.15) is 0 Å². The van der Waals surface area contributed by atoms with Crippen molar-refractivity contribution in [1.82, 2.24) is 10.6 Å². The molecule has 2 amide bonds. The zero-order chi connectivity index (χ0) is 32.2. The van der Waals surface area contributed by atoms with E-state index in [2.05, 4.69) is 99.5 Å². The minimum Gasteiger partial charge on any atom is -0.399 e. The van der Waals surface area contributed by atoms with E-state index in [-0.39, 0.29) is 11.8 Å². The first-order chi connectivity index (χ1) is 20.9. The molecule has 4 aromatic rings. The number of halogens is 4. The molecule has 0 atom stereocenters. The van der Waals surface area contributed by atoms with Crippen LogP contribution >= 0.6 is 63.7 Å². The van der Waals surface area contributed by atoms with Crippen LogP contribution in [0.3, 0.4) is 0 Å². The van der Waals surface area contributed by atoms with Gasteiger partial charge in [-0.1, -0.05) is 106 Å². The topological polar surface area (TPSA) is 84.2 Å². The fraction of sp³-hybridized carbons (Fsp3) is 0.257. The molecule has 0 aromatic heterocycles. The Morgan fingerprint density at radius 1 is 0.591 bits per heavy atom. The van der Waals surface area contributed by atoms with E-state index in [4.69, 9.17) is 5.73 Å². The van der Waals surface area contributed by atoms with Gasteiger partial charge in [-0.05, 0) is 103 Å². The maximum Gasteiger partial charge on any atom is 0.224 e. The minimum absolute atomic E-state index is 0.0200. The van der Waals surface area contributed by atoms with E-state index in [0.717, 1.165) is 64.2 Å². The van der Waals surface area contributed by atoms with Crippen LogP contribution in [0.15, 0.2) is 90.7 Å². The molecule has 0 unspecified atom stereocenters. The Bertz CT molecular complexity index is 1440. The third kappa shape index (κ3) is 12.1. The molecule has 0 aliphatic rings. The lowest BCUT2D eigenvalue weighted by Gasteiger charge is -2.08. The molecule has 44 heavy (non-hydrogen) atoms. The number of nitrogens with one attached hydrogen (secondary N) is 2. The second kappa shape index (κ2) is 17.9. The number of amides is 2. The average Bonchev–Trinajstić information content (AvgIpc) is 2.95. The van der Waals surface area contributed by atoms with Crippen LogP contribution in [-0.4, -0.2) is 24.9 Å². The third-order valence-corrected chi connectivity index (χ3v) is 10.2. The van der Waals surface area contributed by atoms with E-state index in [1.807, 2.05) is 68.4 Å². The Balaban J connectivity index is 0.000000240. The van der Waals surface area contributed by atoms with Crippen molar-refractivity contribution < 1.29 is 9.59 Å². The van der Waals surface area contributed by atoms with Crippen molar-refractivity contribution in [3.63, 3.8) is 0 Å². The van der Waals surface area contributed by atoms with Crippen molar-refractivity contribution in [1.29, 1.82) is 0 Å². The highest BCUT2D eigenvalue weighted by Gasteiger charge is 2.09. The number of nitrogens with two attached hydrogens (primary N) is 1. The molecular formula is C35H37Br4N3O2. The van der Waals surface area contributed by atoms with Crippen molar-refractivity contribution in [2.45, 2.75) is 46.5 Å². The smallest absolute Gasteiger partial charge is 0.224 e. The number of anilines is 1. The summed E-state index contributed by atoms with van der Waals surface area (Å²) in [6.45, 7) is 7.39. The standard InChI is InChI=1S/C18H19Br2NO.C17H18Br2N2O/c1-12-4-3-5-14(8-12)6-7-21-18(22)11-15-9-16(19)13(2)17(20)10-15;1-11-15(18)8-13(9-16(11)19)10-17(22)21-6-5-12-3-2-4-14(20)7-12/h3-5,8-10H,6-7,11H2,1-2H3,(H,21,22);2-4,7-9H,5-6,10,20H2,1H3,(H,21,22). The fourth-order valence-corrected chi connectivity index (χ4v) is 6.97. The van der Waals surface area contributed by atoms with Gasteiger partial charge in [0, 0.05) is 36.7 Å². The number of hydrogen-bond donors (Lipinski definition) is 3. The summed E-state index contributed by atoms with van der Waals surface area (Å²) in [6.07, 6.45) is 2.40. The lowest BCUT2D eigenvalue weighted by Crippen LogP contribution is -2.27. The van der Waals surface area contributed by atoms with E-state index in [1.54, 1.807) is 0 Å². The maximum absolute atomic E-state index is 12.0. The molecule has 5 nitrogen and oxygen atoms in total. The number of nitrogen functional groups attached to an aromatic ring is 1. The average molecular weight is 851 g/mol. The van der Waals surface area contributed by atoms with Crippen LogP contribution in [0, 0.1) is 20.8 Å². The summed E-state index contributed by atoms with van der Waals surface area (Å²) in [7, 11) is 0. The lowest BCUT2D eigenvalue weighted by molar-refractivity contribution is -0.121. The molecule has 4 N–H and O–H groups in total. The highest BCUT2D eigenvalue weighted by molar-refractivity contribution is 9.11. The molecule has 0 saturated heterocycles. The van der Waals surface area contributed by atoms with Gasteiger partial charge in [-0.2, -0.15) is 0 Å². The SMILES string of the molecule is Cc1c(Br)cc(CC(=O)NCCc2cccc(N)c2)cc1Br.Cc1cccc(CCNC(=O)Cc2cc(Br)c(C)c(Br)c2)c1. The van der Waals surface area contributed by atoms with E-state index >= 15 is 0 Å². The van der Waals surface area contributed by atoms with Gasteiger partial charge in [-0.15, -0.1) is 0 Å². The highest BCUT2D eigenvalue weighted by Crippen LogP contribution is 2.27. The Kier molecular flexibility index (Phi) is 14.6. The largest absolute Gasteiger partial charge is 0.399 e. The van der Waals surface area contributed by atoms with Gasteiger partial charge in [0.25, 0.3) is 0 Å².